The summed E-state index contributed by atoms with van der Waals surface area (Å²) in [6.07, 6.45) is 6.17. The zero-order valence-electron chi connectivity index (χ0n) is 16.1. The third-order valence-electron chi connectivity index (χ3n) is 5.27. The van der Waals surface area contributed by atoms with E-state index in [0.717, 1.165) is 35.9 Å². The van der Waals surface area contributed by atoms with Gasteiger partial charge in [-0.25, -0.2) is 14.8 Å². The van der Waals surface area contributed by atoms with E-state index in [1.807, 2.05) is 6.92 Å². The maximum atomic E-state index is 13.0. The predicted octanol–water partition coefficient (Wildman–Crippen LogP) is 1.36. The Labute approximate surface area is 164 Å². The molecule has 0 fully saturated rings. The summed E-state index contributed by atoms with van der Waals surface area (Å²) < 4.78 is 3.90. The molecule has 0 saturated carbocycles. The van der Waals surface area contributed by atoms with Gasteiger partial charge in [0, 0.05) is 19.0 Å². The summed E-state index contributed by atoms with van der Waals surface area (Å²) >= 11 is 1.52. The van der Waals surface area contributed by atoms with E-state index in [4.69, 9.17) is 0 Å². The van der Waals surface area contributed by atoms with Crippen molar-refractivity contribution in [3.05, 3.63) is 37.7 Å². The van der Waals surface area contributed by atoms with Crippen molar-refractivity contribution >= 4 is 33.5 Å². The smallest absolute Gasteiger partial charge is 0.312 e. The van der Waals surface area contributed by atoms with Gasteiger partial charge in [-0.05, 0) is 32.1 Å². The average molecular weight is 402 g/mol. The Balaban J connectivity index is 1.71. The van der Waals surface area contributed by atoms with Crippen molar-refractivity contribution in [2.45, 2.75) is 45.1 Å². The van der Waals surface area contributed by atoms with Crippen LogP contribution in [0.4, 0.5) is 5.13 Å². The number of carbonyl (C=O) groups excluding carboxylic acids is 1. The molecule has 1 amide bonds. The van der Waals surface area contributed by atoms with Gasteiger partial charge in [0.15, 0.2) is 16.3 Å². The van der Waals surface area contributed by atoms with Crippen molar-refractivity contribution in [2.75, 3.05) is 5.32 Å². The largest absolute Gasteiger partial charge is 0.332 e. The highest BCUT2D eigenvalue weighted by atomic mass is 32.1. The number of rotatable bonds is 4. The molecular formula is C18H22N6O3S. The Morgan fingerprint density at radius 1 is 1.25 bits per heavy atom. The maximum Gasteiger partial charge on any atom is 0.332 e. The van der Waals surface area contributed by atoms with E-state index in [1.165, 1.54) is 34.2 Å². The second kappa shape index (κ2) is 7.01. The molecule has 1 N–H and O–H groups in total. The van der Waals surface area contributed by atoms with Gasteiger partial charge in [0.1, 0.15) is 6.04 Å². The molecule has 0 unspecified atom stereocenters. The SMILES string of the molecule is CC[C@H](C(=O)Nc1nc2c(s1)CCCC2)n1cnc2c1c(=O)n(C)c(=O)n2C. The minimum Gasteiger partial charge on any atom is -0.312 e. The molecule has 1 aliphatic rings. The summed E-state index contributed by atoms with van der Waals surface area (Å²) in [5.74, 6) is -0.246. The fourth-order valence-corrected chi connectivity index (χ4v) is 4.76. The monoisotopic (exact) mass is 402 g/mol. The van der Waals surface area contributed by atoms with Gasteiger partial charge in [0.25, 0.3) is 5.56 Å². The van der Waals surface area contributed by atoms with Crippen LogP contribution < -0.4 is 16.6 Å². The van der Waals surface area contributed by atoms with Gasteiger partial charge in [0.2, 0.25) is 5.91 Å². The highest BCUT2D eigenvalue weighted by Gasteiger charge is 2.25. The third-order valence-corrected chi connectivity index (χ3v) is 6.35. The topological polar surface area (TPSA) is 104 Å². The van der Waals surface area contributed by atoms with Crippen LogP contribution in [-0.2, 0) is 31.7 Å². The van der Waals surface area contributed by atoms with Crippen molar-refractivity contribution in [3.63, 3.8) is 0 Å². The normalized spacial score (nSPS) is 14.8. The van der Waals surface area contributed by atoms with E-state index < -0.39 is 17.3 Å². The molecule has 3 heterocycles. The van der Waals surface area contributed by atoms with Crippen LogP contribution in [0, 0.1) is 0 Å². The van der Waals surface area contributed by atoms with Crippen LogP contribution in [0.5, 0.6) is 0 Å². The first-order valence-corrected chi connectivity index (χ1v) is 10.2. The zero-order valence-corrected chi connectivity index (χ0v) is 16.9. The van der Waals surface area contributed by atoms with Crippen molar-refractivity contribution in [3.8, 4) is 0 Å². The summed E-state index contributed by atoms with van der Waals surface area (Å²) in [6, 6.07) is -0.629. The van der Waals surface area contributed by atoms with Gasteiger partial charge >= 0.3 is 5.69 Å². The van der Waals surface area contributed by atoms with Gasteiger partial charge in [-0.15, -0.1) is 11.3 Å². The number of aromatic nitrogens is 5. The summed E-state index contributed by atoms with van der Waals surface area (Å²) in [6.45, 7) is 1.87. The maximum absolute atomic E-state index is 13.0. The van der Waals surface area contributed by atoms with E-state index >= 15 is 0 Å². The number of nitrogens with zero attached hydrogens (tertiary/aromatic N) is 5. The molecule has 0 aromatic carbocycles. The second-order valence-electron chi connectivity index (χ2n) is 7.04. The Morgan fingerprint density at radius 3 is 2.71 bits per heavy atom. The number of carbonyl (C=O) groups is 1. The number of fused-ring (bicyclic) bond motifs is 2. The van der Waals surface area contributed by atoms with Gasteiger partial charge in [-0.1, -0.05) is 6.92 Å². The van der Waals surface area contributed by atoms with Gasteiger partial charge in [-0.3, -0.25) is 18.7 Å². The molecule has 0 spiro atoms. The predicted molar refractivity (Wildman–Crippen MR) is 107 cm³/mol. The lowest BCUT2D eigenvalue weighted by Gasteiger charge is -2.16. The lowest BCUT2D eigenvalue weighted by molar-refractivity contribution is -0.119. The molecule has 0 bridgehead atoms. The fraction of sp³-hybridized carbons (Fsp3) is 0.500. The molecule has 1 aliphatic carbocycles. The summed E-state index contributed by atoms with van der Waals surface area (Å²) in [5.41, 5.74) is 0.672. The molecule has 0 aliphatic heterocycles. The van der Waals surface area contributed by atoms with E-state index in [0.29, 0.717) is 11.6 Å². The van der Waals surface area contributed by atoms with Crippen LogP contribution in [0.2, 0.25) is 0 Å². The molecule has 28 heavy (non-hydrogen) atoms. The second-order valence-corrected chi connectivity index (χ2v) is 8.12. The van der Waals surface area contributed by atoms with E-state index in [2.05, 4.69) is 15.3 Å². The van der Waals surface area contributed by atoms with Crippen LogP contribution >= 0.6 is 11.3 Å². The molecule has 3 aromatic rings. The van der Waals surface area contributed by atoms with Crippen molar-refractivity contribution in [2.24, 2.45) is 14.1 Å². The number of aryl methyl sites for hydroxylation is 3. The molecular weight excluding hydrogens is 380 g/mol. The number of nitrogens with one attached hydrogen (secondary N) is 1. The van der Waals surface area contributed by atoms with Crippen molar-refractivity contribution < 1.29 is 4.79 Å². The molecule has 10 heteroatoms. The Hall–Kier alpha value is -2.75. The van der Waals surface area contributed by atoms with Crippen molar-refractivity contribution in [1.82, 2.24) is 23.7 Å². The van der Waals surface area contributed by atoms with Crippen LogP contribution in [0.3, 0.4) is 0 Å². The number of hydrogen-bond acceptors (Lipinski definition) is 6. The Bertz CT molecular complexity index is 1160. The number of anilines is 1. The molecule has 4 rings (SSSR count). The fourth-order valence-electron chi connectivity index (χ4n) is 3.70. The molecule has 148 valence electrons. The first-order valence-electron chi connectivity index (χ1n) is 9.34. The minimum absolute atomic E-state index is 0.241. The number of amides is 1. The van der Waals surface area contributed by atoms with Gasteiger partial charge in [0.05, 0.1) is 12.0 Å². The third kappa shape index (κ3) is 2.88. The Morgan fingerprint density at radius 2 is 2.00 bits per heavy atom. The van der Waals surface area contributed by atoms with E-state index in [9.17, 15) is 14.4 Å². The van der Waals surface area contributed by atoms with Crippen LogP contribution in [0.25, 0.3) is 11.2 Å². The minimum atomic E-state index is -0.629. The zero-order chi connectivity index (χ0) is 20.0. The number of thiazole rings is 1. The quantitative estimate of drug-likeness (QED) is 0.710. The molecule has 1 atom stereocenters. The van der Waals surface area contributed by atoms with Crippen LogP contribution in [0.15, 0.2) is 15.9 Å². The first-order chi connectivity index (χ1) is 13.4. The molecule has 0 radical (unpaired) electrons. The molecule has 3 aromatic heterocycles. The number of imidazole rings is 1. The summed E-state index contributed by atoms with van der Waals surface area (Å²) in [5, 5.41) is 3.50. The number of hydrogen-bond donors (Lipinski definition) is 1. The molecule has 0 saturated heterocycles. The highest BCUT2D eigenvalue weighted by Crippen LogP contribution is 2.30. The summed E-state index contributed by atoms with van der Waals surface area (Å²) in [7, 11) is 2.98. The van der Waals surface area contributed by atoms with E-state index in [1.54, 1.807) is 11.6 Å². The lowest BCUT2D eigenvalue weighted by Crippen LogP contribution is -2.38. The van der Waals surface area contributed by atoms with Crippen LogP contribution in [-0.4, -0.2) is 29.6 Å². The van der Waals surface area contributed by atoms with Gasteiger partial charge < -0.3 is 9.88 Å². The Kier molecular flexibility index (Phi) is 4.66. The van der Waals surface area contributed by atoms with Crippen molar-refractivity contribution in [1.29, 1.82) is 0 Å². The highest BCUT2D eigenvalue weighted by molar-refractivity contribution is 7.15. The summed E-state index contributed by atoms with van der Waals surface area (Å²) in [4.78, 5) is 47.8. The standard InChI is InChI=1S/C18H22N6O3S/c1-4-11(15(25)21-17-20-10-7-5-6-8-12(10)28-17)24-9-19-14-13(24)16(26)23(3)18(27)22(14)2/h9,11H,4-8H2,1-3H3,(H,20,21,25)/t11-/m1/s1. The lowest BCUT2D eigenvalue weighted by atomic mass is 10.0. The average Bonchev–Trinajstić information content (AvgIpc) is 3.29. The first kappa shape index (κ1) is 18.6. The van der Waals surface area contributed by atoms with E-state index in [-0.39, 0.29) is 17.1 Å². The van der Waals surface area contributed by atoms with Crippen LogP contribution in [0.1, 0.15) is 42.8 Å². The molecule has 9 nitrogen and oxygen atoms in total. The van der Waals surface area contributed by atoms with Gasteiger partial charge in [-0.2, -0.15) is 0 Å².